The van der Waals surface area contributed by atoms with Crippen molar-refractivity contribution in [1.82, 2.24) is 19.9 Å². The normalized spacial score (nSPS) is 11.0. The van der Waals surface area contributed by atoms with E-state index in [1.54, 1.807) is 18.0 Å². The number of aromatic nitrogens is 4. The molecule has 0 saturated carbocycles. The van der Waals surface area contributed by atoms with Gasteiger partial charge in [0.05, 0.1) is 5.69 Å². The van der Waals surface area contributed by atoms with Crippen molar-refractivity contribution in [3.05, 3.63) is 55.0 Å². The van der Waals surface area contributed by atoms with Gasteiger partial charge in [0.2, 0.25) is 5.95 Å². The molecular weight excluding hydrogens is 318 g/mol. The van der Waals surface area contributed by atoms with Crippen molar-refractivity contribution in [2.24, 2.45) is 0 Å². The second-order valence-corrected chi connectivity index (χ2v) is 6.23. The molecule has 0 unspecified atom stereocenters. The Labute approximate surface area is 143 Å². The lowest BCUT2D eigenvalue weighted by Gasteiger charge is -2.04. The molecular formula is C18H15N5S. The fourth-order valence-corrected chi connectivity index (χ4v) is 3.09. The van der Waals surface area contributed by atoms with Crippen LogP contribution in [0.5, 0.6) is 0 Å². The molecule has 118 valence electrons. The zero-order chi connectivity index (χ0) is 16.5. The second kappa shape index (κ2) is 5.98. The summed E-state index contributed by atoms with van der Waals surface area (Å²) >= 11 is 1.73. The fourth-order valence-electron chi connectivity index (χ4n) is 2.68. The molecule has 4 aromatic rings. The Bertz CT molecular complexity index is 1010. The van der Waals surface area contributed by atoms with E-state index < -0.39 is 0 Å². The third kappa shape index (κ3) is 2.61. The van der Waals surface area contributed by atoms with Gasteiger partial charge in [0.25, 0.3) is 0 Å². The van der Waals surface area contributed by atoms with E-state index in [0.29, 0.717) is 0 Å². The van der Waals surface area contributed by atoms with Gasteiger partial charge in [-0.25, -0.2) is 15.0 Å². The van der Waals surface area contributed by atoms with Crippen LogP contribution in [-0.2, 0) is 0 Å². The molecule has 0 radical (unpaired) electrons. The first-order valence-electron chi connectivity index (χ1n) is 7.45. The molecule has 6 heteroatoms. The summed E-state index contributed by atoms with van der Waals surface area (Å²) in [4.78, 5) is 17.2. The van der Waals surface area contributed by atoms with Crippen LogP contribution in [0.15, 0.2) is 59.9 Å². The molecule has 3 aromatic heterocycles. The summed E-state index contributed by atoms with van der Waals surface area (Å²) < 4.78 is 0. The number of rotatable bonds is 3. The molecule has 0 spiro atoms. The highest BCUT2D eigenvalue weighted by Crippen LogP contribution is 2.30. The van der Waals surface area contributed by atoms with Crippen molar-refractivity contribution in [2.45, 2.75) is 4.90 Å². The molecule has 5 nitrogen and oxygen atoms in total. The minimum Gasteiger partial charge on any atom is -0.368 e. The molecule has 4 rings (SSSR count). The average Bonchev–Trinajstić information content (AvgIpc) is 3.05. The van der Waals surface area contributed by atoms with E-state index in [2.05, 4.69) is 56.5 Å². The number of nitrogens with zero attached hydrogens (tertiary/aromatic N) is 3. The lowest BCUT2D eigenvalue weighted by Crippen LogP contribution is -1.94. The Morgan fingerprint density at radius 2 is 1.88 bits per heavy atom. The van der Waals surface area contributed by atoms with E-state index in [-0.39, 0.29) is 5.95 Å². The van der Waals surface area contributed by atoms with E-state index in [0.717, 1.165) is 33.4 Å². The second-order valence-electron chi connectivity index (χ2n) is 5.35. The maximum absolute atomic E-state index is 5.71. The Balaban J connectivity index is 1.83. The lowest BCUT2D eigenvalue weighted by atomic mass is 10.0. The Morgan fingerprint density at radius 1 is 1.04 bits per heavy atom. The first-order valence-corrected chi connectivity index (χ1v) is 8.67. The molecule has 0 aliphatic heterocycles. The number of aromatic amines is 1. The van der Waals surface area contributed by atoms with E-state index in [1.807, 2.05) is 18.5 Å². The number of hydrogen-bond donors (Lipinski definition) is 2. The number of pyridine rings is 1. The molecule has 0 fully saturated rings. The maximum Gasteiger partial charge on any atom is 0.220 e. The van der Waals surface area contributed by atoms with Crippen LogP contribution in [0.2, 0.25) is 0 Å². The van der Waals surface area contributed by atoms with Gasteiger partial charge in [-0.2, -0.15) is 0 Å². The standard InChI is InChI=1S/C18H15N5S/c1-24-13-4-2-11(3-5-13)12-8-14-15(10-22-17(14)21-9-12)16-6-7-20-18(19)23-16/h2-10H,1H3,(H,21,22)(H2,19,20,23). The Hall–Kier alpha value is -2.86. The summed E-state index contributed by atoms with van der Waals surface area (Å²) in [5, 5.41) is 1.01. The molecule has 3 N–H and O–H groups in total. The van der Waals surface area contributed by atoms with E-state index >= 15 is 0 Å². The van der Waals surface area contributed by atoms with Crippen LogP contribution < -0.4 is 5.73 Å². The number of nitrogen functional groups attached to an aromatic ring is 1. The van der Waals surface area contributed by atoms with Gasteiger partial charge in [-0.1, -0.05) is 12.1 Å². The van der Waals surface area contributed by atoms with Gasteiger partial charge in [0.15, 0.2) is 0 Å². The third-order valence-corrected chi connectivity index (χ3v) is 4.65. The number of nitrogens with two attached hydrogens (primary N) is 1. The summed E-state index contributed by atoms with van der Waals surface area (Å²) in [6.45, 7) is 0. The first-order chi connectivity index (χ1) is 11.7. The smallest absolute Gasteiger partial charge is 0.220 e. The molecule has 0 aliphatic carbocycles. The number of benzene rings is 1. The summed E-state index contributed by atoms with van der Waals surface area (Å²) in [6, 6.07) is 12.4. The number of H-pyrrole nitrogens is 1. The van der Waals surface area contributed by atoms with Gasteiger partial charge in [-0.15, -0.1) is 11.8 Å². The molecule has 0 atom stereocenters. The zero-order valence-corrected chi connectivity index (χ0v) is 13.8. The summed E-state index contributed by atoms with van der Waals surface area (Å²) in [5.74, 6) is 0.263. The minimum absolute atomic E-state index is 0.263. The van der Waals surface area contributed by atoms with E-state index in [4.69, 9.17) is 5.73 Å². The molecule has 0 aliphatic rings. The number of thioether (sulfide) groups is 1. The van der Waals surface area contributed by atoms with E-state index in [9.17, 15) is 0 Å². The van der Waals surface area contributed by atoms with Gasteiger partial charge in [-0.3, -0.25) is 0 Å². The highest BCUT2D eigenvalue weighted by molar-refractivity contribution is 7.98. The molecule has 0 amide bonds. The van der Waals surface area contributed by atoms with E-state index in [1.165, 1.54) is 4.90 Å². The van der Waals surface area contributed by atoms with Gasteiger partial charge in [0, 0.05) is 40.0 Å². The third-order valence-electron chi connectivity index (χ3n) is 3.90. The highest BCUT2D eigenvalue weighted by Gasteiger charge is 2.10. The van der Waals surface area contributed by atoms with Gasteiger partial charge in [0.1, 0.15) is 5.65 Å². The van der Waals surface area contributed by atoms with Crippen molar-refractivity contribution in [1.29, 1.82) is 0 Å². The Kier molecular flexibility index (Phi) is 3.66. The Morgan fingerprint density at radius 3 is 2.62 bits per heavy atom. The predicted molar refractivity (Wildman–Crippen MR) is 98.7 cm³/mol. The number of hydrogen-bond acceptors (Lipinski definition) is 5. The number of fused-ring (bicyclic) bond motifs is 1. The van der Waals surface area contributed by atoms with Crippen molar-refractivity contribution in [2.75, 3.05) is 12.0 Å². The van der Waals surface area contributed by atoms with Crippen molar-refractivity contribution >= 4 is 28.7 Å². The van der Waals surface area contributed by atoms with Crippen LogP contribution in [0.3, 0.4) is 0 Å². The summed E-state index contributed by atoms with van der Waals surface area (Å²) in [7, 11) is 0. The number of nitrogens with one attached hydrogen (secondary N) is 1. The molecule has 0 bridgehead atoms. The van der Waals surface area contributed by atoms with Gasteiger partial charge >= 0.3 is 0 Å². The van der Waals surface area contributed by atoms with Crippen LogP contribution in [0.4, 0.5) is 5.95 Å². The van der Waals surface area contributed by atoms with Crippen LogP contribution >= 0.6 is 11.8 Å². The monoisotopic (exact) mass is 333 g/mol. The maximum atomic E-state index is 5.71. The van der Waals surface area contributed by atoms with Crippen LogP contribution in [0.1, 0.15) is 0 Å². The SMILES string of the molecule is CSc1ccc(-c2cnc3[nH]cc(-c4ccnc(N)n4)c3c2)cc1. The van der Waals surface area contributed by atoms with Crippen molar-refractivity contribution in [3.8, 4) is 22.4 Å². The largest absolute Gasteiger partial charge is 0.368 e. The predicted octanol–water partition coefficient (Wildman–Crippen LogP) is 3.99. The zero-order valence-electron chi connectivity index (χ0n) is 13.0. The van der Waals surface area contributed by atoms with Crippen LogP contribution in [-0.4, -0.2) is 26.2 Å². The average molecular weight is 333 g/mol. The first kappa shape index (κ1) is 14.7. The highest BCUT2D eigenvalue weighted by atomic mass is 32.2. The van der Waals surface area contributed by atoms with Crippen molar-refractivity contribution < 1.29 is 0 Å². The molecule has 3 heterocycles. The quantitative estimate of drug-likeness (QED) is 0.554. The fraction of sp³-hybridized carbons (Fsp3) is 0.0556. The van der Waals surface area contributed by atoms with Gasteiger partial charge < -0.3 is 10.7 Å². The van der Waals surface area contributed by atoms with Crippen LogP contribution in [0.25, 0.3) is 33.4 Å². The minimum atomic E-state index is 0.263. The lowest BCUT2D eigenvalue weighted by molar-refractivity contribution is 1.19. The van der Waals surface area contributed by atoms with Crippen LogP contribution in [0, 0.1) is 0 Å². The summed E-state index contributed by atoms with van der Waals surface area (Å²) in [5.41, 5.74) is 10.5. The van der Waals surface area contributed by atoms with Crippen molar-refractivity contribution in [3.63, 3.8) is 0 Å². The number of anilines is 1. The topological polar surface area (TPSA) is 80.5 Å². The molecule has 1 aromatic carbocycles. The van der Waals surface area contributed by atoms with Gasteiger partial charge in [-0.05, 0) is 36.1 Å². The summed E-state index contributed by atoms with van der Waals surface area (Å²) in [6.07, 6.45) is 7.52. The molecule has 24 heavy (non-hydrogen) atoms. The molecule has 0 saturated heterocycles.